The number of nitrogens with one attached hydrogen (secondary N) is 3. The molecule has 0 spiro atoms. The molecular weight excluding hydrogens is 465 g/mol. The fraction of sp³-hybridized carbons (Fsp3) is 0.217. The van der Waals surface area contributed by atoms with E-state index in [2.05, 4.69) is 26.7 Å². The van der Waals surface area contributed by atoms with Crippen LogP contribution in [0.4, 0.5) is 17.5 Å². The van der Waals surface area contributed by atoms with Crippen LogP contribution in [0.15, 0.2) is 47.3 Å². The molecule has 1 atom stereocenters. The molecule has 0 radical (unpaired) electrons. The van der Waals surface area contributed by atoms with Crippen LogP contribution in [0.3, 0.4) is 0 Å². The third-order valence-corrected chi connectivity index (χ3v) is 6.44. The van der Waals surface area contributed by atoms with Crippen LogP contribution >= 0.6 is 23.2 Å². The van der Waals surface area contributed by atoms with Gasteiger partial charge in [-0.25, -0.2) is 0 Å². The summed E-state index contributed by atoms with van der Waals surface area (Å²) in [7, 11) is 0. The van der Waals surface area contributed by atoms with Crippen molar-refractivity contribution in [1.29, 1.82) is 0 Å². The van der Waals surface area contributed by atoms with Crippen molar-refractivity contribution in [3.05, 3.63) is 79.6 Å². The van der Waals surface area contributed by atoms with E-state index in [9.17, 15) is 14.4 Å². The van der Waals surface area contributed by atoms with Crippen LogP contribution in [0.25, 0.3) is 0 Å². The van der Waals surface area contributed by atoms with Gasteiger partial charge in [-0.05, 0) is 35.7 Å². The van der Waals surface area contributed by atoms with Crippen LogP contribution in [0, 0.1) is 0 Å². The minimum absolute atomic E-state index is 0.0983. The second-order valence-corrected chi connectivity index (χ2v) is 8.85. The molecule has 2 amide bonds. The summed E-state index contributed by atoms with van der Waals surface area (Å²) >= 11 is 12.1. The largest absolute Gasteiger partial charge is 0.338 e. The standard InChI is InChI=1S/C23H19Cl2N5O3/c24-14-5-6-16(25)17(9-14)26-21(32)15-10-18(31)27-20-19(15)22(33)29-23(28-20)30-8-7-12-3-1-2-4-13(12)11-30/h1-6,9,15H,7-8,10-11H2,(H,26,32)(H2,27,28,29,31,33)/t15-/m0/s1. The van der Waals surface area contributed by atoms with Gasteiger partial charge in [0.25, 0.3) is 5.56 Å². The first-order valence-electron chi connectivity index (χ1n) is 10.4. The quantitative estimate of drug-likeness (QED) is 0.526. The number of aromatic nitrogens is 2. The van der Waals surface area contributed by atoms with Gasteiger partial charge in [-0.15, -0.1) is 0 Å². The zero-order chi connectivity index (χ0) is 23.1. The molecule has 2 aromatic carbocycles. The summed E-state index contributed by atoms with van der Waals surface area (Å²) in [5, 5.41) is 6.00. The summed E-state index contributed by atoms with van der Waals surface area (Å²) in [5.74, 6) is -1.50. The van der Waals surface area contributed by atoms with Crippen molar-refractivity contribution in [2.75, 3.05) is 22.1 Å². The molecule has 33 heavy (non-hydrogen) atoms. The van der Waals surface area contributed by atoms with Crippen LogP contribution in [-0.2, 0) is 22.6 Å². The van der Waals surface area contributed by atoms with Gasteiger partial charge in [-0.3, -0.25) is 19.4 Å². The molecule has 0 unspecified atom stereocenters. The second-order valence-electron chi connectivity index (χ2n) is 8.01. The Labute approximate surface area is 198 Å². The summed E-state index contributed by atoms with van der Waals surface area (Å²) in [6.45, 7) is 1.26. The average Bonchev–Trinajstić information content (AvgIpc) is 2.80. The highest BCUT2D eigenvalue weighted by Crippen LogP contribution is 2.33. The molecule has 3 heterocycles. The Morgan fingerprint density at radius 2 is 1.91 bits per heavy atom. The minimum Gasteiger partial charge on any atom is -0.338 e. The van der Waals surface area contributed by atoms with Gasteiger partial charge in [0.1, 0.15) is 5.82 Å². The fourth-order valence-corrected chi connectivity index (χ4v) is 4.56. The number of fused-ring (bicyclic) bond motifs is 2. The topological polar surface area (TPSA) is 107 Å². The molecule has 0 saturated carbocycles. The van der Waals surface area contributed by atoms with Gasteiger partial charge in [0.05, 0.1) is 22.2 Å². The summed E-state index contributed by atoms with van der Waals surface area (Å²) in [6.07, 6.45) is 0.632. The van der Waals surface area contributed by atoms with Crippen LogP contribution in [0.1, 0.15) is 29.0 Å². The van der Waals surface area contributed by atoms with E-state index in [0.29, 0.717) is 34.8 Å². The number of hydrogen-bond donors (Lipinski definition) is 3. The van der Waals surface area contributed by atoms with Crippen LogP contribution in [0.5, 0.6) is 0 Å². The number of H-pyrrole nitrogens is 1. The molecular formula is C23H19Cl2N5O3. The molecule has 3 aromatic rings. The van der Waals surface area contributed by atoms with Gasteiger partial charge < -0.3 is 15.5 Å². The first-order valence-corrected chi connectivity index (χ1v) is 11.2. The summed E-state index contributed by atoms with van der Waals surface area (Å²) in [6, 6.07) is 12.8. The number of carbonyl (C=O) groups excluding carboxylic acids is 2. The Kier molecular flexibility index (Phi) is 5.55. The van der Waals surface area contributed by atoms with E-state index >= 15 is 0 Å². The highest BCUT2D eigenvalue weighted by Gasteiger charge is 2.35. The molecule has 2 aliphatic heterocycles. The molecule has 0 fully saturated rings. The van der Waals surface area contributed by atoms with Crippen LogP contribution < -0.4 is 21.1 Å². The summed E-state index contributed by atoms with van der Waals surface area (Å²) in [5.41, 5.74) is 2.37. The van der Waals surface area contributed by atoms with Crippen LogP contribution in [0.2, 0.25) is 10.0 Å². The molecule has 0 saturated heterocycles. The lowest BCUT2D eigenvalue weighted by Gasteiger charge is -2.30. The molecule has 168 valence electrons. The number of benzene rings is 2. The van der Waals surface area contributed by atoms with Gasteiger partial charge in [-0.2, -0.15) is 4.98 Å². The van der Waals surface area contributed by atoms with E-state index in [0.717, 1.165) is 12.0 Å². The predicted octanol–water partition coefficient (Wildman–Crippen LogP) is 3.70. The van der Waals surface area contributed by atoms with Crippen molar-refractivity contribution >= 4 is 52.5 Å². The van der Waals surface area contributed by atoms with Crippen molar-refractivity contribution in [1.82, 2.24) is 9.97 Å². The minimum atomic E-state index is -1.02. The number of nitrogens with zero attached hydrogens (tertiary/aromatic N) is 2. The Hall–Kier alpha value is -3.36. The van der Waals surface area contributed by atoms with E-state index in [4.69, 9.17) is 23.2 Å². The number of aromatic amines is 1. The zero-order valence-electron chi connectivity index (χ0n) is 17.3. The van der Waals surface area contributed by atoms with E-state index in [1.54, 1.807) is 12.1 Å². The number of anilines is 3. The average molecular weight is 484 g/mol. The second kappa shape index (κ2) is 8.53. The third-order valence-electron chi connectivity index (χ3n) is 5.87. The Balaban J connectivity index is 1.46. The smallest absolute Gasteiger partial charge is 0.258 e. The fourth-order valence-electron chi connectivity index (χ4n) is 4.22. The highest BCUT2D eigenvalue weighted by atomic mass is 35.5. The SMILES string of the molecule is O=C1C[C@H](C(=O)Nc2cc(Cl)ccc2Cl)c2c(nc(N3CCc4ccccc4C3)[nH]c2=O)N1. The van der Waals surface area contributed by atoms with Crippen molar-refractivity contribution in [3.8, 4) is 0 Å². The van der Waals surface area contributed by atoms with E-state index < -0.39 is 23.3 Å². The maximum atomic E-state index is 13.1. The molecule has 0 bridgehead atoms. The molecule has 1 aromatic heterocycles. The van der Waals surface area contributed by atoms with Gasteiger partial charge in [0.2, 0.25) is 17.8 Å². The van der Waals surface area contributed by atoms with Crippen LogP contribution in [-0.4, -0.2) is 28.3 Å². The predicted molar refractivity (Wildman–Crippen MR) is 127 cm³/mol. The number of hydrogen-bond acceptors (Lipinski definition) is 5. The van der Waals surface area contributed by atoms with Gasteiger partial charge >= 0.3 is 0 Å². The molecule has 2 aliphatic rings. The summed E-state index contributed by atoms with van der Waals surface area (Å²) in [4.78, 5) is 47.7. The van der Waals surface area contributed by atoms with Crippen molar-refractivity contribution in [2.24, 2.45) is 0 Å². The highest BCUT2D eigenvalue weighted by molar-refractivity contribution is 6.35. The number of amides is 2. The molecule has 0 aliphatic carbocycles. The molecule has 5 rings (SSSR count). The first kappa shape index (κ1) is 21.5. The molecule has 8 nitrogen and oxygen atoms in total. The lowest BCUT2D eigenvalue weighted by atomic mass is 9.92. The Bertz CT molecular complexity index is 1340. The van der Waals surface area contributed by atoms with E-state index in [1.165, 1.54) is 11.6 Å². The summed E-state index contributed by atoms with van der Waals surface area (Å²) < 4.78 is 0. The Morgan fingerprint density at radius 3 is 2.73 bits per heavy atom. The Morgan fingerprint density at radius 1 is 1.12 bits per heavy atom. The van der Waals surface area contributed by atoms with Gasteiger partial charge in [0, 0.05) is 24.5 Å². The monoisotopic (exact) mass is 483 g/mol. The maximum Gasteiger partial charge on any atom is 0.258 e. The van der Waals surface area contributed by atoms with Gasteiger partial charge in [0.15, 0.2) is 0 Å². The molecule has 3 N–H and O–H groups in total. The zero-order valence-corrected chi connectivity index (χ0v) is 18.8. The van der Waals surface area contributed by atoms with E-state index in [1.807, 2.05) is 23.1 Å². The van der Waals surface area contributed by atoms with Crippen molar-refractivity contribution in [3.63, 3.8) is 0 Å². The molecule has 10 heteroatoms. The normalized spacial score (nSPS) is 17.1. The maximum absolute atomic E-state index is 13.1. The van der Waals surface area contributed by atoms with Crippen molar-refractivity contribution < 1.29 is 9.59 Å². The van der Waals surface area contributed by atoms with Gasteiger partial charge in [-0.1, -0.05) is 47.5 Å². The number of rotatable bonds is 3. The van der Waals surface area contributed by atoms with E-state index in [-0.39, 0.29) is 17.8 Å². The van der Waals surface area contributed by atoms with Crippen molar-refractivity contribution in [2.45, 2.75) is 25.3 Å². The lowest BCUT2D eigenvalue weighted by Crippen LogP contribution is -2.38. The number of halogens is 2. The third kappa shape index (κ3) is 4.19. The lowest BCUT2D eigenvalue weighted by molar-refractivity contribution is -0.123. The first-order chi connectivity index (χ1) is 15.9. The number of carbonyl (C=O) groups is 2.